The molecule has 13 heavy (non-hydrogen) atoms. The van der Waals surface area contributed by atoms with Gasteiger partial charge < -0.3 is 11.1 Å². The lowest BCUT2D eigenvalue weighted by Gasteiger charge is -2.06. The van der Waals surface area contributed by atoms with Crippen LogP contribution in [0.4, 0.5) is 0 Å². The molecule has 1 aromatic rings. The molecule has 0 aromatic heterocycles. The van der Waals surface area contributed by atoms with E-state index in [1.54, 1.807) is 0 Å². The average Bonchev–Trinajstić information content (AvgIpc) is 2.11. The van der Waals surface area contributed by atoms with Crippen LogP contribution in [0, 0.1) is 6.92 Å². The summed E-state index contributed by atoms with van der Waals surface area (Å²) in [5, 5.41) is 4.02. The number of hydrogen-bond donors (Lipinski definition) is 2. The van der Waals surface area contributed by atoms with Gasteiger partial charge in [-0.2, -0.15) is 0 Å². The van der Waals surface area contributed by atoms with Gasteiger partial charge in [-0.05, 0) is 30.2 Å². The fourth-order valence-corrected chi connectivity index (χ4v) is 1.35. The molecule has 72 valence electrons. The highest BCUT2D eigenvalue weighted by Gasteiger charge is 1.98. The molecule has 0 fully saturated rings. The van der Waals surface area contributed by atoms with Crippen LogP contribution in [0.5, 0.6) is 0 Å². The third-order valence-corrected chi connectivity index (χ3v) is 2.18. The minimum absolute atomic E-state index is 0.666. The molecule has 2 nitrogen and oxygen atoms in total. The first-order valence-electron chi connectivity index (χ1n) is 4.40. The highest BCUT2D eigenvalue weighted by atomic mass is 35.5. The van der Waals surface area contributed by atoms with E-state index in [1.165, 1.54) is 11.1 Å². The van der Waals surface area contributed by atoms with Crippen molar-refractivity contribution < 1.29 is 0 Å². The Morgan fingerprint density at radius 3 is 2.92 bits per heavy atom. The molecule has 0 saturated carbocycles. The lowest BCUT2D eigenvalue weighted by atomic mass is 10.1. The third kappa shape index (κ3) is 3.35. The zero-order valence-corrected chi connectivity index (χ0v) is 8.56. The second-order valence-electron chi connectivity index (χ2n) is 3.04. The number of benzene rings is 1. The zero-order chi connectivity index (χ0) is 9.68. The average molecular weight is 199 g/mol. The number of halogens is 1. The van der Waals surface area contributed by atoms with Gasteiger partial charge >= 0.3 is 0 Å². The molecule has 1 aromatic carbocycles. The molecule has 0 aliphatic heterocycles. The Balaban J connectivity index is 2.59. The van der Waals surface area contributed by atoms with Crippen LogP contribution in [0.1, 0.15) is 11.1 Å². The van der Waals surface area contributed by atoms with Crippen molar-refractivity contribution in [2.24, 2.45) is 5.73 Å². The second-order valence-corrected chi connectivity index (χ2v) is 3.47. The van der Waals surface area contributed by atoms with E-state index < -0.39 is 0 Å². The summed E-state index contributed by atoms with van der Waals surface area (Å²) < 4.78 is 0. The van der Waals surface area contributed by atoms with Crippen LogP contribution in [0.25, 0.3) is 0 Å². The van der Waals surface area contributed by atoms with Crippen LogP contribution in [-0.4, -0.2) is 13.1 Å². The predicted octanol–water partition coefficient (Wildman–Crippen LogP) is 1.70. The summed E-state index contributed by atoms with van der Waals surface area (Å²) in [6, 6.07) is 5.92. The highest BCUT2D eigenvalue weighted by Crippen LogP contribution is 2.14. The van der Waals surface area contributed by atoms with Gasteiger partial charge in [0.15, 0.2) is 0 Å². The van der Waals surface area contributed by atoms with Crippen molar-refractivity contribution in [2.75, 3.05) is 13.1 Å². The van der Waals surface area contributed by atoms with Gasteiger partial charge in [0.05, 0.1) is 0 Å². The van der Waals surface area contributed by atoms with Gasteiger partial charge in [-0.3, -0.25) is 0 Å². The highest BCUT2D eigenvalue weighted by molar-refractivity contribution is 6.30. The second kappa shape index (κ2) is 5.22. The summed E-state index contributed by atoms with van der Waals surface area (Å²) in [5.41, 5.74) is 7.87. The standard InChI is InChI=1S/C10H15ClN2/c1-8-2-3-10(11)6-9(8)7-13-5-4-12/h2-3,6,13H,4-5,7,12H2,1H3. The quantitative estimate of drug-likeness (QED) is 0.723. The Hall–Kier alpha value is -0.570. The van der Waals surface area contributed by atoms with E-state index in [0.29, 0.717) is 6.54 Å². The fourth-order valence-electron chi connectivity index (χ4n) is 1.16. The molecular formula is C10H15ClN2. The molecule has 0 saturated heterocycles. The number of nitrogens with two attached hydrogens (primary N) is 1. The lowest BCUT2D eigenvalue weighted by molar-refractivity contribution is 0.692. The molecule has 3 heteroatoms. The van der Waals surface area contributed by atoms with Crippen molar-refractivity contribution in [3.8, 4) is 0 Å². The molecule has 0 heterocycles. The third-order valence-electron chi connectivity index (χ3n) is 1.95. The molecule has 1 rings (SSSR count). The van der Waals surface area contributed by atoms with Crippen LogP contribution < -0.4 is 11.1 Å². The summed E-state index contributed by atoms with van der Waals surface area (Å²) in [7, 11) is 0. The first kappa shape index (κ1) is 10.5. The Kier molecular flexibility index (Phi) is 4.22. The van der Waals surface area contributed by atoms with E-state index in [2.05, 4.69) is 12.2 Å². The van der Waals surface area contributed by atoms with Crippen molar-refractivity contribution in [3.05, 3.63) is 34.3 Å². The summed E-state index contributed by atoms with van der Waals surface area (Å²) in [6.07, 6.45) is 0. The van der Waals surface area contributed by atoms with Crippen LogP contribution in [0.2, 0.25) is 5.02 Å². The molecule has 0 aliphatic rings. The van der Waals surface area contributed by atoms with Gasteiger partial charge in [0.25, 0.3) is 0 Å². The minimum Gasteiger partial charge on any atom is -0.329 e. The van der Waals surface area contributed by atoms with E-state index >= 15 is 0 Å². The van der Waals surface area contributed by atoms with E-state index in [0.717, 1.165) is 18.1 Å². The number of rotatable bonds is 4. The molecule has 0 spiro atoms. The molecule has 0 amide bonds. The van der Waals surface area contributed by atoms with Gasteiger partial charge in [0.1, 0.15) is 0 Å². The molecule has 0 atom stereocenters. The zero-order valence-electron chi connectivity index (χ0n) is 7.81. The Morgan fingerprint density at radius 1 is 1.46 bits per heavy atom. The van der Waals surface area contributed by atoms with Crippen molar-refractivity contribution in [3.63, 3.8) is 0 Å². The summed E-state index contributed by atoms with van der Waals surface area (Å²) in [6.45, 7) is 4.42. The lowest BCUT2D eigenvalue weighted by Crippen LogP contribution is -2.22. The van der Waals surface area contributed by atoms with Crippen LogP contribution in [0.3, 0.4) is 0 Å². The van der Waals surface area contributed by atoms with Crippen molar-refractivity contribution in [2.45, 2.75) is 13.5 Å². The maximum atomic E-state index is 5.88. The van der Waals surface area contributed by atoms with Crippen LogP contribution >= 0.6 is 11.6 Å². The van der Waals surface area contributed by atoms with Crippen molar-refractivity contribution >= 4 is 11.6 Å². The summed E-state index contributed by atoms with van der Waals surface area (Å²) >= 11 is 5.88. The first-order chi connectivity index (χ1) is 6.24. The largest absolute Gasteiger partial charge is 0.329 e. The summed E-state index contributed by atoms with van der Waals surface area (Å²) in [5.74, 6) is 0. The van der Waals surface area contributed by atoms with Crippen LogP contribution in [-0.2, 0) is 6.54 Å². The van der Waals surface area contributed by atoms with Crippen molar-refractivity contribution in [1.29, 1.82) is 0 Å². The minimum atomic E-state index is 0.666. The van der Waals surface area contributed by atoms with E-state index in [9.17, 15) is 0 Å². The van der Waals surface area contributed by atoms with Gasteiger partial charge in [-0.25, -0.2) is 0 Å². The smallest absolute Gasteiger partial charge is 0.0409 e. The Labute approximate surface area is 84.1 Å². The van der Waals surface area contributed by atoms with Gasteiger partial charge in [-0.15, -0.1) is 0 Å². The Bertz CT molecular complexity index is 274. The number of nitrogens with one attached hydrogen (secondary N) is 1. The molecule has 0 aliphatic carbocycles. The van der Waals surface area contributed by atoms with E-state index in [1.807, 2.05) is 18.2 Å². The topological polar surface area (TPSA) is 38.0 Å². The monoisotopic (exact) mass is 198 g/mol. The van der Waals surface area contributed by atoms with Gasteiger partial charge in [0.2, 0.25) is 0 Å². The maximum Gasteiger partial charge on any atom is 0.0409 e. The fraction of sp³-hybridized carbons (Fsp3) is 0.400. The van der Waals surface area contributed by atoms with Crippen molar-refractivity contribution in [1.82, 2.24) is 5.32 Å². The molecule has 0 radical (unpaired) electrons. The maximum absolute atomic E-state index is 5.88. The SMILES string of the molecule is Cc1ccc(Cl)cc1CNCCN. The van der Waals surface area contributed by atoms with Gasteiger partial charge in [0, 0.05) is 24.7 Å². The predicted molar refractivity (Wildman–Crippen MR) is 57.0 cm³/mol. The number of aryl methyl sites for hydroxylation is 1. The normalized spacial score (nSPS) is 10.4. The molecular weight excluding hydrogens is 184 g/mol. The van der Waals surface area contributed by atoms with E-state index in [-0.39, 0.29) is 0 Å². The van der Waals surface area contributed by atoms with E-state index in [4.69, 9.17) is 17.3 Å². The Morgan fingerprint density at radius 2 is 2.23 bits per heavy atom. The molecule has 0 unspecified atom stereocenters. The first-order valence-corrected chi connectivity index (χ1v) is 4.77. The number of hydrogen-bond acceptors (Lipinski definition) is 2. The van der Waals surface area contributed by atoms with Crippen LogP contribution in [0.15, 0.2) is 18.2 Å². The van der Waals surface area contributed by atoms with Gasteiger partial charge in [-0.1, -0.05) is 17.7 Å². The molecule has 0 bridgehead atoms. The summed E-state index contributed by atoms with van der Waals surface area (Å²) in [4.78, 5) is 0. The molecule has 3 N–H and O–H groups in total.